The second kappa shape index (κ2) is 12.7. The molecule has 11 aromatic carbocycles. The van der Waals surface area contributed by atoms with Gasteiger partial charge in [-0.05, 0) is 162 Å². The van der Waals surface area contributed by atoms with E-state index in [-0.39, 0.29) is 6.71 Å². The highest BCUT2D eigenvalue weighted by molar-refractivity contribution is 7.00. The number of hydrogen-bond donors (Lipinski definition) is 0. The van der Waals surface area contributed by atoms with Crippen LogP contribution in [-0.2, 0) is 0 Å². The largest absolute Gasteiger partial charge is 0.456 e. The molecule has 62 heavy (non-hydrogen) atoms. The van der Waals surface area contributed by atoms with Crippen molar-refractivity contribution in [2.24, 2.45) is 0 Å². The van der Waals surface area contributed by atoms with Crippen molar-refractivity contribution in [2.75, 3.05) is 9.80 Å². The summed E-state index contributed by atoms with van der Waals surface area (Å²) in [5.41, 5.74) is 14.9. The number of fused-ring (bicyclic) bond motifs is 11. The monoisotopic (exact) mass is 786 g/mol. The first-order valence-corrected chi connectivity index (χ1v) is 21.4. The van der Waals surface area contributed by atoms with Gasteiger partial charge in [-0.2, -0.15) is 0 Å². The second-order valence-electron chi connectivity index (χ2n) is 16.9. The minimum atomic E-state index is -0.0384. The van der Waals surface area contributed by atoms with Gasteiger partial charge in [0.15, 0.2) is 0 Å². The average Bonchev–Trinajstić information content (AvgIpc) is 3.70. The molecule has 1 aromatic heterocycles. The first-order chi connectivity index (χ1) is 30.7. The molecule has 0 bridgehead atoms. The van der Waals surface area contributed by atoms with Crippen molar-refractivity contribution in [1.29, 1.82) is 0 Å². The molecule has 0 saturated carbocycles. The molecule has 0 saturated heterocycles. The normalized spacial score (nSPS) is 13.1. The third-order valence-corrected chi connectivity index (χ3v) is 13.5. The lowest BCUT2D eigenvalue weighted by Crippen LogP contribution is -2.61. The lowest BCUT2D eigenvalue weighted by atomic mass is 9.33. The van der Waals surface area contributed by atoms with Crippen molar-refractivity contribution >= 4 is 122 Å². The first kappa shape index (κ1) is 33.7. The summed E-state index contributed by atoms with van der Waals surface area (Å²) >= 11 is 0. The SMILES string of the molecule is c1ccc(N2c3cc4cc5ccccc5cc4cc3B3c4cc5cc6ccccc6cc5cc4N(c4ccccc4)c4cc(-c5ccc6c(c5)oc5ccccc56)cc2c43)cc1. The molecule has 0 spiro atoms. The molecule has 3 heterocycles. The summed E-state index contributed by atoms with van der Waals surface area (Å²) in [4.78, 5) is 5.04. The van der Waals surface area contributed by atoms with Crippen LogP contribution in [0.1, 0.15) is 0 Å². The van der Waals surface area contributed by atoms with Crippen molar-refractivity contribution < 1.29 is 4.42 Å². The molecule has 14 rings (SSSR count). The Bertz CT molecular complexity index is 3650. The topological polar surface area (TPSA) is 19.6 Å². The predicted octanol–water partition coefficient (Wildman–Crippen LogP) is 13.9. The summed E-state index contributed by atoms with van der Waals surface area (Å²) in [6.45, 7) is -0.0384. The maximum absolute atomic E-state index is 6.51. The zero-order valence-electron chi connectivity index (χ0n) is 33.6. The van der Waals surface area contributed by atoms with E-state index in [0.717, 1.165) is 44.4 Å². The van der Waals surface area contributed by atoms with Gasteiger partial charge in [0.25, 0.3) is 6.71 Å². The fraction of sp³-hybridized carbons (Fsp3) is 0. The van der Waals surface area contributed by atoms with E-state index in [2.05, 4.69) is 216 Å². The van der Waals surface area contributed by atoms with Crippen LogP contribution >= 0.6 is 0 Å². The molecule has 0 fully saturated rings. The minimum Gasteiger partial charge on any atom is -0.456 e. The van der Waals surface area contributed by atoms with E-state index in [0.29, 0.717) is 0 Å². The summed E-state index contributed by atoms with van der Waals surface area (Å²) in [5.74, 6) is 0. The van der Waals surface area contributed by atoms with Gasteiger partial charge in [0.05, 0.1) is 0 Å². The van der Waals surface area contributed by atoms with Gasteiger partial charge in [-0.25, -0.2) is 0 Å². The third kappa shape index (κ3) is 4.89. The molecular weight excluding hydrogens is 751 g/mol. The van der Waals surface area contributed by atoms with E-state index < -0.39 is 0 Å². The highest BCUT2D eigenvalue weighted by Crippen LogP contribution is 2.48. The van der Waals surface area contributed by atoms with Crippen LogP contribution in [0.3, 0.4) is 0 Å². The van der Waals surface area contributed by atoms with Crippen LogP contribution in [0.5, 0.6) is 0 Å². The molecule has 2 aliphatic rings. The van der Waals surface area contributed by atoms with Crippen LogP contribution in [0.15, 0.2) is 217 Å². The molecule has 4 heteroatoms. The summed E-state index contributed by atoms with van der Waals surface area (Å²) in [7, 11) is 0. The van der Waals surface area contributed by atoms with Gasteiger partial charge < -0.3 is 14.2 Å². The number of nitrogens with zero attached hydrogens (tertiary/aromatic N) is 2. The van der Waals surface area contributed by atoms with Gasteiger partial charge in [0.1, 0.15) is 11.2 Å². The Labute approximate surface area is 358 Å². The van der Waals surface area contributed by atoms with Gasteiger partial charge in [-0.3, -0.25) is 0 Å². The molecule has 3 nitrogen and oxygen atoms in total. The van der Waals surface area contributed by atoms with Crippen LogP contribution in [0.2, 0.25) is 0 Å². The summed E-state index contributed by atoms with van der Waals surface area (Å²) < 4.78 is 6.51. The lowest BCUT2D eigenvalue weighted by Gasteiger charge is -2.44. The van der Waals surface area contributed by atoms with Crippen molar-refractivity contribution in [3.05, 3.63) is 212 Å². The standard InChI is InChI=1S/C58H35BN2O/c1-3-17-46(18-4-1)60-52-31-43-27-38-15-9-7-13-36(38)25-41(43)29-50(52)59-51-30-42-26-37-14-8-10-16-39(37)28-44(42)32-53(51)61(47-19-5-2-6-20-47)55-34-45(33-54(60)58(55)59)40-23-24-49-48-21-11-12-22-56(48)62-57(49)35-40/h1-35H. The van der Waals surface area contributed by atoms with E-state index in [1.807, 2.05) is 6.07 Å². The minimum absolute atomic E-state index is 0.0384. The number of para-hydroxylation sites is 3. The Morgan fingerprint density at radius 2 is 0.758 bits per heavy atom. The van der Waals surface area contributed by atoms with Crippen molar-refractivity contribution in [2.45, 2.75) is 0 Å². The molecule has 286 valence electrons. The van der Waals surface area contributed by atoms with Crippen LogP contribution in [0.25, 0.3) is 76.2 Å². The van der Waals surface area contributed by atoms with E-state index in [9.17, 15) is 0 Å². The Hall–Kier alpha value is -8.08. The smallest absolute Gasteiger partial charge is 0.252 e. The van der Waals surface area contributed by atoms with Gasteiger partial charge in [0, 0.05) is 44.9 Å². The van der Waals surface area contributed by atoms with Crippen molar-refractivity contribution in [1.82, 2.24) is 0 Å². The summed E-state index contributed by atoms with van der Waals surface area (Å²) in [6.07, 6.45) is 0. The molecular formula is C58H35BN2O. The number of benzene rings is 11. The Balaban J connectivity index is 1.12. The fourth-order valence-electron chi connectivity index (χ4n) is 10.7. The molecule has 0 N–H and O–H groups in total. The second-order valence-corrected chi connectivity index (χ2v) is 16.9. The number of anilines is 6. The maximum atomic E-state index is 6.51. The predicted molar refractivity (Wildman–Crippen MR) is 263 cm³/mol. The molecule has 2 aliphatic heterocycles. The van der Waals surface area contributed by atoms with Gasteiger partial charge in [-0.15, -0.1) is 0 Å². The Morgan fingerprint density at radius 1 is 0.306 bits per heavy atom. The Morgan fingerprint density at radius 3 is 1.29 bits per heavy atom. The van der Waals surface area contributed by atoms with Crippen molar-refractivity contribution in [3.63, 3.8) is 0 Å². The fourth-order valence-corrected chi connectivity index (χ4v) is 10.7. The molecule has 0 unspecified atom stereocenters. The summed E-state index contributed by atoms with van der Waals surface area (Å²) in [5, 5.41) is 12.2. The van der Waals surface area contributed by atoms with E-state index in [4.69, 9.17) is 4.42 Å². The number of hydrogen-bond acceptors (Lipinski definition) is 3. The first-order valence-electron chi connectivity index (χ1n) is 21.4. The quantitative estimate of drug-likeness (QED) is 0.131. The molecule has 0 radical (unpaired) electrons. The highest BCUT2D eigenvalue weighted by Gasteiger charge is 2.44. The van der Waals surface area contributed by atoms with Crippen LogP contribution in [0.4, 0.5) is 34.1 Å². The van der Waals surface area contributed by atoms with Gasteiger partial charge in [0.2, 0.25) is 0 Å². The molecule has 12 aromatic rings. The third-order valence-electron chi connectivity index (χ3n) is 13.5. The molecule has 0 atom stereocenters. The van der Waals surface area contributed by atoms with Crippen molar-refractivity contribution in [3.8, 4) is 11.1 Å². The zero-order chi connectivity index (χ0) is 40.5. The van der Waals surface area contributed by atoms with Gasteiger partial charge in [-0.1, -0.05) is 121 Å². The number of rotatable bonds is 3. The highest BCUT2D eigenvalue weighted by atomic mass is 16.3. The maximum Gasteiger partial charge on any atom is 0.252 e. The average molecular weight is 787 g/mol. The van der Waals surface area contributed by atoms with E-state index >= 15 is 0 Å². The summed E-state index contributed by atoms with van der Waals surface area (Å²) in [6, 6.07) is 78.5. The number of furan rings is 1. The molecule has 0 aliphatic carbocycles. The molecule has 0 amide bonds. The van der Waals surface area contributed by atoms with Crippen LogP contribution in [0, 0.1) is 0 Å². The lowest BCUT2D eigenvalue weighted by molar-refractivity contribution is 0.669. The van der Waals surface area contributed by atoms with Gasteiger partial charge >= 0.3 is 0 Å². The Kier molecular flexibility index (Phi) is 6.92. The van der Waals surface area contributed by atoms with E-state index in [1.165, 1.54) is 82.2 Å². The zero-order valence-corrected chi connectivity index (χ0v) is 33.6. The van der Waals surface area contributed by atoms with E-state index in [1.54, 1.807) is 0 Å². The van der Waals surface area contributed by atoms with Crippen LogP contribution < -0.4 is 26.2 Å². The van der Waals surface area contributed by atoms with Crippen LogP contribution in [-0.4, -0.2) is 6.71 Å².